The highest BCUT2D eigenvalue weighted by Crippen LogP contribution is 2.17. The Labute approximate surface area is 162 Å². The SMILES string of the molecule is CC(=O)N[C@H](CC(=O)OCC(=O)Nc1ccc(C(N)=O)cc1)c1ccccc1. The lowest BCUT2D eigenvalue weighted by atomic mass is 10.0. The van der Waals surface area contributed by atoms with Crippen LogP contribution in [0.2, 0.25) is 0 Å². The minimum atomic E-state index is -0.623. The van der Waals surface area contributed by atoms with E-state index in [0.29, 0.717) is 11.3 Å². The third-order valence-corrected chi connectivity index (χ3v) is 3.77. The van der Waals surface area contributed by atoms with Gasteiger partial charge in [-0.15, -0.1) is 0 Å². The van der Waals surface area contributed by atoms with E-state index in [4.69, 9.17) is 10.5 Å². The Morgan fingerprint density at radius 1 is 1.00 bits per heavy atom. The van der Waals surface area contributed by atoms with E-state index in [0.717, 1.165) is 5.56 Å². The molecule has 0 unspecified atom stereocenters. The maximum absolute atomic E-state index is 12.1. The third-order valence-electron chi connectivity index (χ3n) is 3.77. The highest BCUT2D eigenvalue weighted by molar-refractivity contribution is 5.95. The Kier molecular flexibility index (Phi) is 7.27. The Hall–Kier alpha value is -3.68. The fourth-order valence-electron chi connectivity index (χ4n) is 2.47. The normalized spacial score (nSPS) is 11.2. The molecular weight excluding hydrogens is 362 g/mol. The number of primary amides is 1. The summed E-state index contributed by atoms with van der Waals surface area (Å²) >= 11 is 0. The van der Waals surface area contributed by atoms with Crippen molar-refractivity contribution in [3.05, 3.63) is 65.7 Å². The molecule has 0 saturated heterocycles. The minimum Gasteiger partial charge on any atom is -0.455 e. The fraction of sp³-hybridized carbons (Fsp3) is 0.200. The second kappa shape index (κ2) is 9.86. The number of hydrogen-bond donors (Lipinski definition) is 3. The molecule has 0 aliphatic heterocycles. The van der Waals surface area contributed by atoms with Gasteiger partial charge in [-0.05, 0) is 29.8 Å². The van der Waals surface area contributed by atoms with Gasteiger partial charge in [0.25, 0.3) is 5.91 Å². The smallest absolute Gasteiger partial charge is 0.308 e. The summed E-state index contributed by atoms with van der Waals surface area (Å²) in [5.41, 5.74) is 6.66. The van der Waals surface area contributed by atoms with E-state index in [-0.39, 0.29) is 12.3 Å². The van der Waals surface area contributed by atoms with Crippen molar-refractivity contribution in [3.63, 3.8) is 0 Å². The summed E-state index contributed by atoms with van der Waals surface area (Å²) in [7, 11) is 0. The molecule has 0 saturated carbocycles. The Balaban J connectivity index is 1.86. The second-order valence-electron chi connectivity index (χ2n) is 6.02. The van der Waals surface area contributed by atoms with Gasteiger partial charge < -0.3 is 21.1 Å². The predicted octanol–water partition coefficient (Wildman–Crippen LogP) is 1.53. The zero-order valence-corrected chi connectivity index (χ0v) is 15.3. The summed E-state index contributed by atoms with van der Waals surface area (Å²) in [4.78, 5) is 46.4. The van der Waals surface area contributed by atoms with E-state index in [1.54, 1.807) is 24.3 Å². The number of nitrogens with two attached hydrogens (primary N) is 1. The van der Waals surface area contributed by atoms with Crippen molar-refractivity contribution in [2.75, 3.05) is 11.9 Å². The van der Waals surface area contributed by atoms with Crippen molar-refractivity contribution in [2.45, 2.75) is 19.4 Å². The molecule has 2 aromatic rings. The van der Waals surface area contributed by atoms with Crippen LogP contribution in [-0.2, 0) is 19.1 Å². The van der Waals surface area contributed by atoms with Crippen LogP contribution < -0.4 is 16.4 Å². The summed E-state index contributed by atoms with van der Waals surface area (Å²) in [6.07, 6.45) is -0.107. The molecule has 2 rings (SSSR count). The fourth-order valence-corrected chi connectivity index (χ4v) is 2.47. The van der Waals surface area contributed by atoms with E-state index in [9.17, 15) is 19.2 Å². The minimum absolute atomic E-state index is 0.107. The van der Waals surface area contributed by atoms with Crippen LogP contribution in [0, 0.1) is 0 Å². The highest BCUT2D eigenvalue weighted by Gasteiger charge is 2.18. The number of rotatable bonds is 8. The lowest BCUT2D eigenvalue weighted by Crippen LogP contribution is -2.29. The molecule has 0 aliphatic rings. The number of anilines is 1. The molecule has 28 heavy (non-hydrogen) atoms. The standard InChI is InChI=1S/C20H21N3O5/c1-13(24)22-17(14-5-3-2-4-6-14)11-19(26)28-12-18(25)23-16-9-7-15(8-10-16)20(21)27/h2-10,17H,11-12H2,1H3,(H2,21,27)(H,22,24)(H,23,25)/t17-/m1/s1. The highest BCUT2D eigenvalue weighted by atomic mass is 16.5. The first-order chi connectivity index (χ1) is 13.3. The van der Waals surface area contributed by atoms with Gasteiger partial charge >= 0.3 is 5.97 Å². The third kappa shape index (κ3) is 6.56. The molecule has 0 radical (unpaired) electrons. The average Bonchev–Trinajstić information content (AvgIpc) is 2.66. The van der Waals surface area contributed by atoms with Crippen molar-refractivity contribution in [1.82, 2.24) is 5.32 Å². The first-order valence-corrected chi connectivity index (χ1v) is 8.52. The van der Waals surface area contributed by atoms with E-state index in [1.807, 2.05) is 6.07 Å². The summed E-state index contributed by atoms with van der Waals surface area (Å²) < 4.78 is 5.00. The maximum Gasteiger partial charge on any atom is 0.308 e. The summed E-state index contributed by atoms with van der Waals surface area (Å²) in [5.74, 6) is -2.00. The summed E-state index contributed by atoms with van der Waals surface area (Å²) in [6.45, 7) is 0.885. The number of esters is 1. The van der Waals surface area contributed by atoms with E-state index >= 15 is 0 Å². The molecule has 0 fully saturated rings. The van der Waals surface area contributed by atoms with Crippen molar-refractivity contribution >= 4 is 29.4 Å². The van der Waals surface area contributed by atoms with Crippen LogP contribution in [-0.4, -0.2) is 30.3 Å². The summed E-state index contributed by atoms with van der Waals surface area (Å²) in [5, 5.41) is 5.23. The van der Waals surface area contributed by atoms with Crippen molar-refractivity contribution < 1.29 is 23.9 Å². The molecule has 0 aliphatic carbocycles. The van der Waals surface area contributed by atoms with E-state index < -0.39 is 30.4 Å². The molecule has 0 aromatic heterocycles. The van der Waals surface area contributed by atoms with Crippen molar-refractivity contribution in [1.29, 1.82) is 0 Å². The number of carbonyl (C=O) groups excluding carboxylic acids is 4. The van der Waals surface area contributed by atoms with E-state index in [1.165, 1.54) is 31.2 Å². The zero-order chi connectivity index (χ0) is 20.5. The molecule has 0 bridgehead atoms. The zero-order valence-electron chi connectivity index (χ0n) is 15.3. The first kappa shape index (κ1) is 20.6. The molecule has 0 heterocycles. The Bertz CT molecular complexity index is 850. The number of carbonyl (C=O) groups is 4. The Morgan fingerprint density at radius 2 is 1.64 bits per heavy atom. The largest absolute Gasteiger partial charge is 0.455 e. The summed E-state index contributed by atoms with van der Waals surface area (Å²) in [6, 6.07) is 14.4. The Morgan fingerprint density at radius 3 is 2.21 bits per heavy atom. The van der Waals surface area contributed by atoms with Crippen LogP contribution in [0.25, 0.3) is 0 Å². The van der Waals surface area contributed by atoms with Gasteiger partial charge in [0, 0.05) is 18.2 Å². The van der Waals surface area contributed by atoms with Gasteiger partial charge in [0.05, 0.1) is 12.5 Å². The number of hydrogen-bond acceptors (Lipinski definition) is 5. The van der Waals surface area contributed by atoms with Crippen LogP contribution in [0.5, 0.6) is 0 Å². The van der Waals surface area contributed by atoms with Gasteiger partial charge in [-0.1, -0.05) is 30.3 Å². The molecule has 2 aromatic carbocycles. The lowest BCUT2D eigenvalue weighted by molar-refractivity contribution is -0.148. The number of nitrogens with one attached hydrogen (secondary N) is 2. The van der Waals surface area contributed by atoms with Crippen LogP contribution in [0.1, 0.15) is 35.3 Å². The molecule has 4 N–H and O–H groups in total. The van der Waals surface area contributed by atoms with Gasteiger partial charge in [0.1, 0.15) is 0 Å². The van der Waals surface area contributed by atoms with Crippen LogP contribution in [0.15, 0.2) is 54.6 Å². The average molecular weight is 383 g/mol. The van der Waals surface area contributed by atoms with Crippen molar-refractivity contribution in [2.24, 2.45) is 5.73 Å². The number of amides is 3. The molecule has 3 amide bonds. The van der Waals surface area contributed by atoms with E-state index in [2.05, 4.69) is 10.6 Å². The first-order valence-electron chi connectivity index (χ1n) is 8.52. The van der Waals surface area contributed by atoms with Gasteiger partial charge in [0.15, 0.2) is 6.61 Å². The number of ether oxygens (including phenoxy) is 1. The van der Waals surface area contributed by atoms with Gasteiger partial charge in [-0.3, -0.25) is 19.2 Å². The van der Waals surface area contributed by atoms with Crippen LogP contribution in [0.4, 0.5) is 5.69 Å². The molecule has 8 nitrogen and oxygen atoms in total. The van der Waals surface area contributed by atoms with Gasteiger partial charge in [0.2, 0.25) is 11.8 Å². The molecule has 8 heteroatoms. The maximum atomic E-state index is 12.1. The van der Waals surface area contributed by atoms with Crippen LogP contribution >= 0.6 is 0 Å². The van der Waals surface area contributed by atoms with Gasteiger partial charge in [-0.2, -0.15) is 0 Å². The number of benzene rings is 2. The monoisotopic (exact) mass is 383 g/mol. The topological polar surface area (TPSA) is 128 Å². The van der Waals surface area contributed by atoms with Gasteiger partial charge in [-0.25, -0.2) is 0 Å². The molecule has 146 valence electrons. The van der Waals surface area contributed by atoms with Crippen LogP contribution in [0.3, 0.4) is 0 Å². The quantitative estimate of drug-likeness (QED) is 0.596. The second-order valence-corrected chi connectivity index (χ2v) is 6.02. The lowest BCUT2D eigenvalue weighted by Gasteiger charge is -2.17. The molecule has 1 atom stereocenters. The molecule has 0 spiro atoms. The van der Waals surface area contributed by atoms with Crippen molar-refractivity contribution in [3.8, 4) is 0 Å². The molecular formula is C20H21N3O5. The predicted molar refractivity (Wildman–Crippen MR) is 102 cm³/mol.